The van der Waals surface area contributed by atoms with Gasteiger partial charge in [0.15, 0.2) is 5.78 Å². The molecule has 0 aliphatic rings. The number of hydrogen-bond acceptors (Lipinski definition) is 7. The number of benzene rings is 1. The first-order chi connectivity index (χ1) is 24.9. The third-order valence-corrected chi connectivity index (χ3v) is 10.2. The molecule has 0 radical (unpaired) electrons. The van der Waals surface area contributed by atoms with Gasteiger partial charge in [0, 0.05) is 51.1 Å². The van der Waals surface area contributed by atoms with Gasteiger partial charge in [-0.1, -0.05) is 98.9 Å². The summed E-state index contributed by atoms with van der Waals surface area (Å²) in [5.74, 6) is -0.335. The normalized spacial score (nSPS) is 12.7. The summed E-state index contributed by atoms with van der Waals surface area (Å²) in [6, 6.07) is 5.71. The Hall–Kier alpha value is -3.76. The molecule has 0 saturated carbocycles. The summed E-state index contributed by atoms with van der Waals surface area (Å²) in [7, 11) is 0. The van der Waals surface area contributed by atoms with Gasteiger partial charge in [0.05, 0.1) is 6.04 Å². The van der Waals surface area contributed by atoms with Crippen LogP contribution >= 0.6 is 0 Å². The minimum Gasteiger partial charge on any atom is -0.461 e. The molecule has 0 heterocycles. The highest BCUT2D eigenvalue weighted by Crippen LogP contribution is 2.31. The topological polar surface area (TPSA) is 174 Å². The number of nitrogens with one attached hydrogen (secondary N) is 3. The SMILES string of the molecule is CC(C)CCCCCC(=O)C[C@H](C(=O)N[C@@H](CCCNC(N)=O)C(=O)Cc1ccc(COC(=O)CCCNC(=O)CCC(C)(C)C(C)C)cc1)C(C)C. The van der Waals surface area contributed by atoms with E-state index in [0.717, 1.165) is 43.2 Å². The lowest BCUT2D eigenvalue weighted by molar-refractivity contribution is -0.145. The molecule has 5 N–H and O–H groups in total. The Morgan fingerprint density at radius 2 is 1.40 bits per heavy atom. The third kappa shape index (κ3) is 21.5. The van der Waals surface area contributed by atoms with Crippen molar-refractivity contribution in [3.63, 3.8) is 0 Å². The van der Waals surface area contributed by atoms with Crippen LogP contribution in [0.5, 0.6) is 0 Å². The molecule has 11 nitrogen and oxygen atoms in total. The van der Waals surface area contributed by atoms with Gasteiger partial charge in [-0.2, -0.15) is 0 Å². The Labute approximate surface area is 319 Å². The number of rotatable bonds is 28. The van der Waals surface area contributed by atoms with Gasteiger partial charge in [0.25, 0.3) is 0 Å². The van der Waals surface area contributed by atoms with Crippen molar-refractivity contribution in [2.45, 2.75) is 152 Å². The second-order valence-electron chi connectivity index (χ2n) is 16.3. The standard InChI is InChI=1S/C42H70N4O7/c1-29(2)14-10-9-11-15-34(47)27-35(30(3)4)40(51)46-36(16-12-25-45-41(43)52)37(48)26-32-18-20-33(21-19-32)28-53-39(50)17-13-24-44-38(49)22-23-42(7,8)31(5)6/h18-21,29-31,35-36H,9-17,22-28H2,1-8H3,(H,44,49)(H,46,51)(H3,43,45,52)/t35-,36-/m0/s1. The van der Waals surface area contributed by atoms with Crippen molar-refractivity contribution in [2.75, 3.05) is 13.1 Å². The molecular weight excluding hydrogens is 672 g/mol. The molecule has 0 saturated heterocycles. The van der Waals surface area contributed by atoms with Crippen LogP contribution in [0.4, 0.5) is 4.79 Å². The fourth-order valence-electron chi connectivity index (χ4n) is 5.73. The zero-order chi connectivity index (χ0) is 40.0. The molecule has 0 spiro atoms. The van der Waals surface area contributed by atoms with Gasteiger partial charge in [-0.3, -0.25) is 24.0 Å². The van der Waals surface area contributed by atoms with Gasteiger partial charge in [-0.15, -0.1) is 0 Å². The number of urea groups is 1. The van der Waals surface area contributed by atoms with Crippen LogP contribution in [0.1, 0.15) is 144 Å². The van der Waals surface area contributed by atoms with Crippen molar-refractivity contribution in [3.8, 4) is 0 Å². The quantitative estimate of drug-likeness (QED) is 0.0530. The Balaban J connectivity index is 2.68. The molecule has 4 amide bonds. The lowest BCUT2D eigenvalue weighted by atomic mass is 9.77. The van der Waals surface area contributed by atoms with Crippen molar-refractivity contribution in [1.29, 1.82) is 0 Å². The van der Waals surface area contributed by atoms with E-state index in [-0.39, 0.29) is 73.1 Å². The van der Waals surface area contributed by atoms with Gasteiger partial charge in [-0.05, 0) is 66.4 Å². The maximum atomic E-state index is 13.5. The zero-order valence-electron chi connectivity index (χ0n) is 33.9. The second kappa shape index (κ2) is 25.3. The number of nitrogens with two attached hydrogens (primary N) is 1. The van der Waals surface area contributed by atoms with Crippen LogP contribution in [0.2, 0.25) is 0 Å². The van der Waals surface area contributed by atoms with Gasteiger partial charge < -0.3 is 26.4 Å². The molecule has 0 aliphatic carbocycles. The highest BCUT2D eigenvalue weighted by atomic mass is 16.5. The fraction of sp³-hybridized carbons (Fsp3) is 0.714. The minimum atomic E-state index is -0.804. The Morgan fingerprint density at radius 1 is 0.755 bits per heavy atom. The van der Waals surface area contributed by atoms with Crippen LogP contribution in [0, 0.1) is 29.1 Å². The lowest BCUT2D eigenvalue weighted by Gasteiger charge is -2.28. The molecule has 0 aromatic heterocycles. The van der Waals surface area contributed by atoms with E-state index in [0.29, 0.717) is 50.5 Å². The van der Waals surface area contributed by atoms with Gasteiger partial charge in [-0.25, -0.2) is 4.79 Å². The van der Waals surface area contributed by atoms with Crippen molar-refractivity contribution in [2.24, 2.45) is 34.8 Å². The fourth-order valence-corrected chi connectivity index (χ4v) is 5.73. The summed E-state index contributed by atoms with van der Waals surface area (Å²) in [6.07, 6.45) is 7.34. The van der Waals surface area contributed by atoms with Crippen LogP contribution in [-0.4, -0.2) is 54.5 Å². The molecule has 1 rings (SSSR count). The van der Waals surface area contributed by atoms with E-state index >= 15 is 0 Å². The highest BCUT2D eigenvalue weighted by Gasteiger charge is 2.29. The van der Waals surface area contributed by atoms with Crippen molar-refractivity contribution < 1.29 is 33.5 Å². The van der Waals surface area contributed by atoms with Crippen LogP contribution < -0.4 is 21.7 Å². The molecule has 0 aliphatic heterocycles. The number of carbonyl (C=O) groups is 6. The summed E-state index contributed by atoms with van der Waals surface area (Å²) >= 11 is 0. The van der Waals surface area contributed by atoms with E-state index < -0.39 is 18.0 Å². The highest BCUT2D eigenvalue weighted by molar-refractivity contribution is 5.92. The molecular formula is C42H70N4O7. The summed E-state index contributed by atoms with van der Waals surface area (Å²) in [4.78, 5) is 75.4. The van der Waals surface area contributed by atoms with Crippen molar-refractivity contribution in [1.82, 2.24) is 16.0 Å². The summed E-state index contributed by atoms with van der Waals surface area (Å²) in [5, 5.41) is 8.32. The molecule has 0 fully saturated rings. The molecule has 0 bridgehead atoms. The predicted octanol–water partition coefficient (Wildman–Crippen LogP) is 6.97. The van der Waals surface area contributed by atoms with E-state index in [9.17, 15) is 28.8 Å². The van der Waals surface area contributed by atoms with Crippen molar-refractivity contribution in [3.05, 3.63) is 35.4 Å². The summed E-state index contributed by atoms with van der Waals surface area (Å²) in [6.45, 7) is 17.6. The molecule has 0 unspecified atom stereocenters. The molecule has 1 aromatic rings. The number of esters is 1. The van der Waals surface area contributed by atoms with E-state index in [1.165, 1.54) is 0 Å². The smallest absolute Gasteiger partial charge is 0.312 e. The maximum Gasteiger partial charge on any atom is 0.312 e. The van der Waals surface area contributed by atoms with Crippen LogP contribution in [-0.2, 0) is 41.7 Å². The number of primary amides is 1. The Kier molecular flexibility index (Phi) is 22.6. The molecule has 300 valence electrons. The lowest BCUT2D eigenvalue weighted by Crippen LogP contribution is -2.46. The number of ketones is 2. The monoisotopic (exact) mass is 743 g/mol. The number of Topliss-reactive ketones (excluding diaryl/α,β-unsaturated/α-hetero) is 2. The molecule has 11 heteroatoms. The van der Waals surface area contributed by atoms with Gasteiger partial charge in [0.1, 0.15) is 12.4 Å². The number of amides is 4. The predicted molar refractivity (Wildman–Crippen MR) is 210 cm³/mol. The molecule has 2 atom stereocenters. The number of ether oxygens (including phenoxy) is 1. The zero-order valence-corrected chi connectivity index (χ0v) is 33.9. The first kappa shape index (κ1) is 47.3. The first-order valence-electron chi connectivity index (χ1n) is 19.8. The number of hydrogen-bond donors (Lipinski definition) is 4. The van der Waals surface area contributed by atoms with Crippen LogP contribution in [0.15, 0.2) is 24.3 Å². The van der Waals surface area contributed by atoms with Gasteiger partial charge >= 0.3 is 12.0 Å². The van der Waals surface area contributed by atoms with Crippen LogP contribution in [0.3, 0.4) is 0 Å². The molecule has 1 aromatic carbocycles. The number of carbonyl (C=O) groups excluding carboxylic acids is 6. The van der Waals surface area contributed by atoms with E-state index in [1.807, 2.05) is 13.8 Å². The van der Waals surface area contributed by atoms with Crippen LogP contribution in [0.25, 0.3) is 0 Å². The Bertz CT molecular complexity index is 1290. The number of unbranched alkanes of at least 4 members (excludes halogenated alkanes) is 2. The summed E-state index contributed by atoms with van der Waals surface area (Å²) < 4.78 is 5.41. The van der Waals surface area contributed by atoms with E-state index in [1.54, 1.807) is 24.3 Å². The summed E-state index contributed by atoms with van der Waals surface area (Å²) in [5.41, 5.74) is 6.78. The largest absolute Gasteiger partial charge is 0.461 e. The third-order valence-electron chi connectivity index (χ3n) is 10.2. The second-order valence-corrected chi connectivity index (χ2v) is 16.3. The average Bonchev–Trinajstić information content (AvgIpc) is 3.08. The van der Waals surface area contributed by atoms with E-state index in [2.05, 4.69) is 57.5 Å². The Morgan fingerprint density at radius 3 is 2.00 bits per heavy atom. The maximum absolute atomic E-state index is 13.5. The average molecular weight is 743 g/mol. The minimum absolute atomic E-state index is 0.00993. The van der Waals surface area contributed by atoms with E-state index in [4.69, 9.17) is 10.5 Å². The van der Waals surface area contributed by atoms with Crippen molar-refractivity contribution >= 4 is 35.4 Å². The van der Waals surface area contributed by atoms with Gasteiger partial charge in [0.2, 0.25) is 11.8 Å². The first-order valence-corrected chi connectivity index (χ1v) is 19.8. The molecule has 53 heavy (non-hydrogen) atoms.